The summed E-state index contributed by atoms with van der Waals surface area (Å²) in [6.07, 6.45) is 5.52. The molecular weight excluding hydrogens is 288 g/mol. The Kier molecular flexibility index (Phi) is 4.72. The van der Waals surface area contributed by atoms with Crippen molar-refractivity contribution in [3.05, 3.63) is 53.7 Å². The van der Waals surface area contributed by atoms with Gasteiger partial charge in [0.05, 0.1) is 11.3 Å². The van der Waals surface area contributed by atoms with E-state index in [9.17, 15) is 9.90 Å². The number of carboxylic acids is 1. The van der Waals surface area contributed by atoms with Crippen molar-refractivity contribution in [3.8, 4) is 11.3 Å². The van der Waals surface area contributed by atoms with Crippen molar-refractivity contribution in [2.75, 3.05) is 13.1 Å². The summed E-state index contributed by atoms with van der Waals surface area (Å²) in [4.78, 5) is 18.1. The van der Waals surface area contributed by atoms with E-state index >= 15 is 0 Å². The van der Waals surface area contributed by atoms with E-state index in [0.29, 0.717) is 11.7 Å². The van der Waals surface area contributed by atoms with Gasteiger partial charge in [-0.25, -0.2) is 4.79 Å². The highest BCUT2D eigenvalue weighted by molar-refractivity contribution is 5.94. The van der Waals surface area contributed by atoms with Crippen LogP contribution in [0.3, 0.4) is 0 Å². The average Bonchev–Trinajstić information content (AvgIpc) is 2.62. The summed E-state index contributed by atoms with van der Waals surface area (Å²) < 4.78 is 0. The number of rotatable bonds is 4. The largest absolute Gasteiger partial charge is 0.478 e. The molecule has 1 aromatic heterocycles. The fourth-order valence-electron chi connectivity index (χ4n) is 3.24. The van der Waals surface area contributed by atoms with Gasteiger partial charge < -0.3 is 5.11 Å². The van der Waals surface area contributed by atoms with Crippen LogP contribution in [-0.2, 0) is 0 Å². The van der Waals surface area contributed by atoms with Crippen LogP contribution in [0, 0.1) is 0 Å². The number of likely N-dealkylation sites (tertiary alicyclic amines) is 1. The quantitative estimate of drug-likeness (QED) is 0.927. The van der Waals surface area contributed by atoms with Crippen molar-refractivity contribution in [2.45, 2.75) is 32.2 Å². The highest BCUT2D eigenvalue weighted by Crippen LogP contribution is 2.27. The van der Waals surface area contributed by atoms with Crippen LogP contribution < -0.4 is 0 Å². The van der Waals surface area contributed by atoms with Crippen LogP contribution in [0.4, 0.5) is 0 Å². The molecule has 1 aliphatic heterocycles. The zero-order valence-corrected chi connectivity index (χ0v) is 13.4. The molecule has 0 spiro atoms. The topological polar surface area (TPSA) is 53.4 Å². The third kappa shape index (κ3) is 3.42. The second-order valence-electron chi connectivity index (χ2n) is 6.10. The van der Waals surface area contributed by atoms with E-state index in [1.54, 1.807) is 18.3 Å². The molecule has 0 bridgehead atoms. The molecule has 3 rings (SSSR count). The molecule has 4 heteroatoms. The lowest BCUT2D eigenvalue weighted by Crippen LogP contribution is -2.32. The Balaban J connectivity index is 1.83. The molecule has 0 aliphatic carbocycles. The molecule has 2 aromatic rings. The maximum absolute atomic E-state index is 11.3. The number of aromatic carboxylic acids is 1. The normalized spacial score (nSPS) is 16.9. The van der Waals surface area contributed by atoms with Crippen LogP contribution in [0.2, 0.25) is 0 Å². The van der Waals surface area contributed by atoms with Crippen molar-refractivity contribution in [1.29, 1.82) is 0 Å². The number of benzene rings is 1. The number of carboxylic acid groups (broad SMARTS) is 1. The Labute approximate surface area is 136 Å². The third-order valence-electron chi connectivity index (χ3n) is 4.64. The molecule has 1 aromatic carbocycles. The third-order valence-corrected chi connectivity index (χ3v) is 4.64. The Morgan fingerprint density at radius 3 is 2.48 bits per heavy atom. The second-order valence-corrected chi connectivity index (χ2v) is 6.10. The lowest BCUT2D eigenvalue weighted by molar-refractivity contribution is 0.0697. The first-order valence-corrected chi connectivity index (χ1v) is 8.19. The lowest BCUT2D eigenvalue weighted by Gasteiger charge is -2.32. The Morgan fingerprint density at radius 2 is 1.83 bits per heavy atom. The van der Waals surface area contributed by atoms with Gasteiger partial charge in [0.25, 0.3) is 0 Å². The number of carbonyl (C=O) groups is 1. The van der Waals surface area contributed by atoms with Gasteiger partial charge in [-0.2, -0.15) is 0 Å². The van der Waals surface area contributed by atoms with Gasteiger partial charge in [-0.1, -0.05) is 30.7 Å². The molecule has 120 valence electrons. The number of aromatic nitrogens is 1. The number of piperidine rings is 1. The van der Waals surface area contributed by atoms with Crippen LogP contribution >= 0.6 is 0 Å². The molecule has 0 amide bonds. The van der Waals surface area contributed by atoms with Crippen LogP contribution in [0.15, 0.2) is 42.6 Å². The van der Waals surface area contributed by atoms with Crippen molar-refractivity contribution in [1.82, 2.24) is 9.88 Å². The van der Waals surface area contributed by atoms with Gasteiger partial charge >= 0.3 is 5.97 Å². The van der Waals surface area contributed by atoms with Crippen molar-refractivity contribution < 1.29 is 9.90 Å². The van der Waals surface area contributed by atoms with E-state index in [-0.39, 0.29) is 5.56 Å². The second kappa shape index (κ2) is 6.92. The Bertz CT molecular complexity index is 676. The summed E-state index contributed by atoms with van der Waals surface area (Å²) in [5.74, 6) is -0.945. The number of hydrogen-bond donors (Lipinski definition) is 1. The predicted molar refractivity (Wildman–Crippen MR) is 90.5 cm³/mol. The van der Waals surface area contributed by atoms with Gasteiger partial charge in [-0.05, 0) is 50.6 Å². The minimum absolute atomic E-state index is 0.240. The molecule has 0 unspecified atom stereocenters. The summed E-state index contributed by atoms with van der Waals surface area (Å²) in [6, 6.07) is 11.8. The average molecular weight is 310 g/mol. The molecule has 1 fully saturated rings. The summed E-state index contributed by atoms with van der Waals surface area (Å²) in [6.45, 7) is 4.56. The highest BCUT2D eigenvalue weighted by Gasteiger charge is 2.18. The Hall–Kier alpha value is -2.20. The van der Waals surface area contributed by atoms with Gasteiger partial charge in [0.1, 0.15) is 0 Å². The summed E-state index contributed by atoms with van der Waals surface area (Å²) in [7, 11) is 0. The van der Waals surface area contributed by atoms with Crippen molar-refractivity contribution in [2.24, 2.45) is 0 Å². The fraction of sp³-hybridized carbons (Fsp3) is 0.368. The number of hydrogen-bond acceptors (Lipinski definition) is 3. The van der Waals surface area contributed by atoms with E-state index in [1.807, 2.05) is 12.1 Å². The molecule has 1 N–H and O–H groups in total. The van der Waals surface area contributed by atoms with Gasteiger partial charge in [-0.15, -0.1) is 0 Å². The molecule has 23 heavy (non-hydrogen) atoms. The Morgan fingerprint density at radius 1 is 1.13 bits per heavy atom. The van der Waals surface area contributed by atoms with E-state index in [1.165, 1.54) is 24.8 Å². The van der Waals surface area contributed by atoms with Crippen LogP contribution in [0.25, 0.3) is 11.3 Å². The van der Waals surface area contributed by atoms with E-state index in [0.717, 1.165) is 18.7 Å². The monoisotopic (exact) mass is 310 g/mol. The fourth-order valence-corrected chi connectivity index (χ4v) is 3.24. The number of nitrogens with zero attached hydrogens (tertiary/aromatic N) is 2. The molecular formula is C19H22N2O2. The van der Waals surface area contributed by atoms with E-state index in [4.69, 9.17) is 0 Å². The first-order chi connectivity index (χ1) is 11.2. The SMILES string of the molecule is C[C@@H](c1ccc(-c2ncccc2C(=O)O)cc1)N1CCCCC1. The minimum Gasteiger partial charge on any atom is -0.478 e. The maximum Gasteiger partial charge on any atom is 0.337 e. The zero-order chi connectivity index (χ0) is 16.2. The van der Waals surface area contributed by atoms with Gasteiger partial charge in [0.15, 0.2) is 0 Å². The molecule has 4 nitrogen and oxygen atoms in total. The van der Waals surface area contributed by atoms with Crippen LogP contribution in [0.5, 0.6) is 0 Å². The predicted octanol–water partition coefficient (Wildman–Crippen LogP) is 3.99. The summed E-state index contributed by atoms with van der Waals surface area (Å²) in [5, 5.41) is 9.29. The minimum atomic E-state index is -0.945. The number of pyridine rings is 1. The maximum atomic E-state index is 11.3. The van der Waals surface area contributed by atoms with Crippen LogP contribution in [-0.4, -0.2) is 34.0 Å². The van der Waals surface area contributed by atoms with Crippen molar-refractivity contribution in [3.63, 3.8) is 0 Å². The van der Waals surface area contributed by atoms with E-state index < -0.39 is 5.97 Å². The first-order valence-electron chi connectivity index (χ1n) is 8.19. The molecule has 1 saturated heterocycles. The van der Waals surface area contributed by atoms with Gasteiger partial charge in [-0.3, -0.25) is 9.88 Å². The van der Waals surface area contributed by atoms with E-state index in [2.05, 4.69) is 28.9 Å². The van der Waals surface area contributed by atoms with Crippen molar-refractivity contribution >= 4 is 5.97 Å². The standard InChI is InChI=1S/C19H22N2O2/c1-14(21-12-3-2-4-13-21)15-7-9-16(10-8-15)18-17(19(22)23)6-5-11-20-18/h5-11,14H,2-4,12-13H2,1H3,(H,22,23)/t14-/m0/s1. The molecule has 2 heterocycles. The molecule has 0 radical (unpaired) electrons. The van der Waals surface area contributed by atoms with Crippen LogP contribution in [0.1, 0.15) is 48.1 Å². The summed E-state index contributed by atoms with van der Waals surface area (Å²) >= 11 is 0. The lowest BCUT2D eigenvalue weighted by atomic mass is 9.99. The van der Waals surface area contributed by atoms with Gasteiger partial charge in [0.2, 0.25) is 0 Å². The molecule has 1 aliphatic rings. The smallest absolute Gasteiger partial charge is 0.337 e. The molecule has 1 atom stereocenters. The summed E-state index contributed by atoms with van der Waals surface area (Å²) in [5.41, 5.74) is 2.88. The first kappa shape index (κ1) is 15.7. The molecule has 0 saturated carbocycles. The highest BCUT2D eigenvalue weighted by atomic mass is 16.4. The van der Waals surface area contributed by atoms with Gasteiger partial charge in [0, 0.05) is 17.8 Å². The zero-order valence-electron chi connectivity index (χ0n) is 13.4.